The molecule has 0 saturated carbocycles. The molecule has 5 nitrogen and oxygen atoms in total. The zero-order chi connectivity index (χ0) is 17.2. The highest BCUT2D eigenvalue weighted by Crippen LogP contribution is 2.26. The standard InChI is InChI=1S/C18H18N2O3S/c1-14(2)23-16-8-6-7-15(13-16)18-19-11-12-20(18)24(21,22)17-9-4-3-5-10-17/h3-14H,1-2H3. The van der Waals surface area contributed by atoms with Gasteiger partial charge in [0.15, 0.2) is 5.82 Å². The Hall–Kier alpha value is -2.60. The molecule has 6 heteroatoms. The fourth-order valence-electron chi connectivity index (χ4n) is 2.37. The van der Waals surface area contributed by atoms with E-state index in [-0.39, 0.29) is 11.0 Å². The van der Waals surface area contributed by atoms with Crippen molar-refractivity contribution in [1.82, 2.24) is 8.96 Å². The van der Waals surface area contributed by atoms with Gasteiger partial charge in [-0.05, 0) is 38.1 Å². The van der Waals surface area contributed by atoms with E-state index in [0.29, 0.717) is 17.1 Å². The van der Waals surface area contributed by atoms with Gasteiger partial charge in [-0.1, -0.05) is 30.3 Å². The van der Waals surface area contributed by atoms with Gasteiger partial charge in [-0.15, -0.1) is 0 Å². The van der Waals surface area contributed by atoms with Crippen LogP contribution in [0, 0.1) is 0 Å². The summed E-state index contributed by atoms with van der Waals surface area (Å²) in [5.74, 6) is 1.03. The molecule has 0 bridgehead atoms. The topological polar surface area (TPSA) is 61.2 Å². The van der Waals surface area contributed by atoms with Crippen LogP contribution in [-0.4, -0.2) is 23.5 Å². The quantitative estimate of drug-likeness (QED) is 0.711. The van der Waals surface area contributed by atoms with Crippen molar-refractivity contribution in [1.29, 1.82) is 0 Å². The lowest BCUT2D eigenvalue weighted by molar-refractivity contribution is 0.242. The minimum Gasteiger partial charge on any atom is -0.491 e. The molecule has 0 saturated heterocycles. The lowest BCUT2D eigenvalue weighted by Gasteiger charge is -2.12. The molecule has 0 aliphatic carbocycles. The van der Waals surface area contributed by atoms with Crippen molar-refractivity contribution >= 4 is 10.0 Å². The van der Waals surface area contributed by atoms with Gasteiger partial charge < -0.3 is 4.74 Å². The molecule has 3 rings (SSSR count). The molecule has 0 unspecified atom stereocenters. The van der Waals surface area contributed by atoms with E-state index in [2.05, 4.69) is 4.98 Å². The summed E-state index contributed by atoms with van der Waals surface area (Å²) in [4.78, 5) is 4.45. The molecule has 24 heavy (non-hydrogen) atoms. The van der Waals surface area contributed by atoms with E-state index in [1.807, 2.05) is 32.0 Å². The number of ether oxygens (including phenoxy) is 1. The van der Waals surface area contributed by atoms with Crippen molar-refractivity contribution < 1.29 is 13.2 Å². The zero-order valence-electron chi connectivity index (χ0n) is 13.5. The van der Waals surface area contributed by atoms with Crippen molar-refractivity contribution in [3.63, 3.8) is 0 Å². The van der Waals surface area contributed by atoms with Crippen LogP contribution in [0.25, 0.3) is 11.4 Å². The van der Waals surface area contributed by atoms with Crippen LogP contribution < -0.4 is 4.74 Å². The molecule has 0 atom stereocenters. The number of nitrogens with zero attached hydrogens (tertiary/aromatic N) is 2. The van der Waals surface area contributed by atoms with Crippen LogP contribution in [0.2, 0.25) is 0 Å². The van der Waals surface area contributed by atoms with Crippen molar-refractivity contribution in [2.45, 2.75) is 24.8 Å². The Bertz CT molecular complexity index is 932. The second kappa shape index (κ2) is 6.49. The number of hydrogen-bond acceptors (Lipinski definition) is 4. The Kier molecular flexibility index (Phi) is 4.40. The molecule has 0 radical (unpaired) electrons. The number of rotatable bonds is 5. The third kappa shape index (κ3) is 3.19. The molecule has 3 aromatic rings. The van der Waals surface area contributed by atoms with E-state index in [1.165, 1.54) is 16.4 Å². The molecular weight excluding hydrogens is 324 g/mol. The van der Waals surface area contributed by atoms with Crippen LogP contribution in [0.15, 0.2) is 71.9 Å². The van der Waals surface area contributed by atoms with E-state index < -0.39 is 10.0 Å². The second-order valence-corrected chi connectivity index (χ2v) is 7.37. The normalized spacial score (nSPS) is 11.6. The van der Waals surface area contributed by atoms with E-state index in [4.69, 9.17) is 4.74 Å². The molecule has 1 aromatic heterocycles. The predicted octanol–water partition coefficient (Wildman–Crippen LogP) is 3.57. The largest absolute Gasteiger partial charge is 0.491 e. The average Bonchev–Trinajstić information content (AvgIpc) is 3.06. The summed E-state index contributed by atoms with van der Waals surface area (Å²) < 4.78 is 32.6. The van der Waals surface area contributed by atoms with Gasteiger partial charge >= 0.3 is 0 Å². The molecule has 0 amide bonds. The van der Waals surface area contributed by atoms with Gasteiger partial charge in [0.2, 0.25) is 0 Å². The lowest BCUT2D eigenvalue weighted by atomic mass is 10.2. The number of aromatic nitrogens is 2. The Labute approximate surface area is 141 Å². The summed E-state index contributed by atoms with van der Waals surface area (Å²) >= 11 is 0. The van der Waals surface area contributed by atoms with E-state index >= 15 is 0 Å². The van der Waals surface area contributed by atoms with Gasteiger partial charge in [-0.2, -0.15) is 0 Å². The number of hydrogen-bond donors (Lipinski definition) is 0. The monoisotopic (exact) mass is 342 g/mol. The SMILES string of the molecule is CC(C)Oc1cccc(-c2nccn2S(=O)(=O)c2ccccc2)c1. The highest BCUT2D eigenvalue weighted by atomic mass is 32.2. The maximum Gasteiger partial charge on any atom is 0.269 e. The molecule has 0 aliphatic rings. The minimum absolute atomic E-state index is 0.0352. The van der Waals surface area contributed by atoms with Gasteiger partial charge in [0, 0.05) is 18.0 Å². The van der Waals surface area contributed by atoms with Gasteiger partial charge in [0.05, 0.1) is 11.0 Å². The lowest BCUT2D eigenvalue weighted by Crippen LogP contribution is -2.13. The van der Waals surface area contributed by atoms with Crippen molar-refractivity contribution in [3.8, 4) is 17.1 Å². The molecule has 1 heterocycles. The van der Waals surface area contributed by atoms with Crippen molar-refractivity contribution in [2.75, 3.05) is 0 Å². The summed E-state index contributed by atoms with van der Waals surface area (Å²) in [6, 6.07) is 15.6. The average molecular weight is 342 g/mol. The first-order chi connectivity index (χ1) is 11.5. The first kappa shape index (κ1) is 16.3. The first-order valence-electron chi connectivity index (χ1n) is 7.59. The molecule has 0 spiro atoms. The third-order valence-electron chi connectivity index (χ3n) is 3.37. The van der Waals surface area contributed by atoms with E-state index in [9.17, 15) is 8.42 Å². The Balaban J connectivity index is 2.06. The van der Waals surface area contributed by atoms with Crippen LogP contribution in [0.5, 0.6) is 5.75 Å². The molecule has 0 fully saturated rings. The smallest absolute Gasteiger partial charge is 0.269 e. The van der Waals surface area contributed by atoms with Crippen molar-refractivity contribution in [3.05, 3.63) is 67.0 Å². The van der Waals surface area contributed by atoms with E-state index in [1.54, 1.807) is 36.4 Å². The molecule has 0 aliphatic heterocycles. The first-order valence-corrected chi connectivity index (χ1v) is 9.03. The number of benzene rings is 2. The molecular formula is C18H18N2O3S. The maximum absolute atomic E-state index is 12.8. The van der Waals surface area contributed by atoms with Crippen LogP contribution in [0.4, 0.5) is 0 Å². The van der Waals surface area contributed by atoms with Crippen LogP contribution in [0.3, 0.4) is 0 Å². The Morgan fingerprint density at radius 3 is 2.50 bits per heavy atom. The third-order valence-corrected chi connectivity index (χ3v) is 5.05. The highest BCUT2D eigenvalue weighted by Gasteiger charge is 2.21. The summed E-state index contributed by atoms with van der Waals surface area (Å²) in [5, 5.41) is 0. The maximum atomic E-state index is 12.8. The molecule has 2 aromatic carbocycles. The fourth-order valence-corrected chi connectivity index (χ4v) is 3.70. The summed E-state index contributed by atoms with van der Waals surface area (Å²) in [6.07, 6.45) is 2.97. The Morgan fingerprint density at radius 1 is 1.04 bits per heavy atom. The minimum atomic E-state index is -3.70. The van der Waals surface area contributed by atoms with Crippen LogP contribution in [0.1, 0.15) is 13.8 Å². The van der Waals surface area contributed by atoms with E-state index in [0.717, 1.165) is 0 Å². The molecule has 0 N–H and O–H groups in total. The molecule has 124 valence electrons. The summed E-state index contributed by atoms with van der Waals surface area (Å²) in [6.45, 7) is 3.88. The van der Waals surface area contributed by atoms with Crippen LogP contribution in [-0.2, 0) is 10.0 Å². The second-order valence-electron chi connectivity index (χ2n) is 5.56. The van der Waals surface area contributed by atoms with Gasteiger partial charge in [0.25, 0.3) is 10.0 Å². The van der Waals surface area contributed by atoms with Gasteiger partial charge in [0.1, 0.15) is 5.75 Å². The Morgan fingerprint density at radius 2 is 1.79 bits per heavy atom. The summed E-state index contributed by atoms with van der Waals surface area (Å²) in [5.41, 5.74) is 0.678. The number of imidazole rings is 1. The zero-order valence-corrected chi connectivity index (χ0v) is 14.3. The highest BCUT2D eigenvalue weighted by molar-refractivity contribution is 7.90. The van der Waals surface area contributed by atoms with Gasteiger partial charge in [-0.3, -0.25) is 0 Å². The fraction of sp³-hybridized carbons (Fsp3) is 0.167. The van der Waals surface area contributed by atoms with Gasteiger partial charge in [-0.25, -0.2) is 17.4 Å². The van der Waals surface area contributed by atoms with Crippen molar-refractivity contribution in [2.24, 2.45) is 0 Å². The summed E-state index contributed by atoms with van der Waals surface area (Å²) in [7, 11) is -3.70. The van der Waals surface area contributed by atoms with Crippen LogP contribution >= 0.6 is 0 Å². The predicted molar refractivity (Wildman–Crippen MR) is 92.5 cm³/mol.